The molecule has 0 bridgehead atoms. The van der Waals surface area contributed by atoms with Crippen LogP contribution in [0.1, 0.15) is 38.9 Å². The molecule has 16 heavy (non-hydrogen) atoms. The van der Waals surface area contributed by atoms with Crippen molar-refractivity contribution >= 4 is 0 Å². The summed E-state index contributed by atoms with van der Waals surface area (Å²) in [7, 11) is 0. The summed E-state index contributed by atoms with van der Waals surface area (Å²) in [6.45, 7) is 6.35. The van der Waals surface area contributed by atoms with E-state index in [2.05, 4.69) is 28.7 Å². The first-order chi connectivity index (χ1) is 7.81. The maximum atomic E-state index is 8.90. The monoisotopic (exact) mass is 225 g/mol. The topological polar surface area (TPSA) is 50.1 Å². The van der Waals surface area contributed by atoms with E-state index in [0.717, 1.165) is 38.2 Å². The Bertz CT molecular complexity index is 286. The number of rotatable bonds is 8. The van der Waals surface area contributed by atoms with Crippen LogP contribution in [0.4, 0.5) is 0 Å². The summed E-state index contributed by atoms with van der Waals surface area (Å²) in [6.07, 6.45) is 6.84. The molecular weight excluding hydrogens is 202 g/mol. The molecule has 0 aliphatic carbocycles. The Balaban J connectivity index is 2.43. The second-order valence-electron chi connectivity index (χ2n) is 4.04. The van der Waals surface area contributed by atoms with Crippen LogP contribution in [-0.2, 0) is 13.1 Å². The van der Waals surface area contributed by atoms with E-state index in [9.17, 15) is 0 Å². The van der Waals surface area contributed by atoms with Gasteiger partial charge in [-0.2, -0.15) is 0 Å². The lowest BCUT2D eigenvalue weighted by Crippen LogP contribution is -2.30. The summed E-state index contributed by atoms with van der Waals surface area (Å²) in [5.74, 6) is 1.08. The first-order valence-electron chi connectivity index (χ1n) is 6.16. The molecule has 0 aromatic carbocycles. The summed E-state index contributed by atoms with van der Waals surface area (Å²) < 4.78 is 2.18. The Morgan fingerprint density at radius 1 is 1.50 bits per heavy atom. The van der Waals surface area contributed by atoms with E-state index in [0.29, 0.717) is 6.04 Å². The fourth-order valence-electron chi connectivity index (χ4n) is 1.79. The Hall–Kier alpha value is -0.870. The normalized spacial score (nSPS) is 12.9. The average Bonchev–Trinajstić information content (AvgIpc) is 2.72. The Morgan fingerprint density at radius 3 is 2.94 bits per heavy atom. The second kappa shape index (κ2) is 7.41. The molecule has 1 aromatic heterocycles. The number of aryl methyl sites for hydroxylation is 1. The average molecular weight is 225 g/mol. The number of hydrogen-bond acceptors (Lipinski definition) is 3. The zero-order chi connectivity index (χ0) is 11.8. The minimum absolute atomic E-state index is 0.245. The van der Waals surface area contributed by atoms with Gasteiger partial charge in [0.25, 0.3) is 0 Å². The molecular formula is C12H23N3O. The molecule has 0 amide bonds. The molecule has 0 aliphatic heterocycles. The molecule has 0 radical (unpaired) electrons. The third-order valence-corrected chi connectivity index (χ3v) is 2.79. The zero-order valence-corrected chi connectivity index (χ0v) is 10.3. The van der Waals surface area contributed by atoms with Crippen molar-refractivity contribution in [1.29, 1.82) is 0 Å². The van der Waals surface area contributed by atoms with Crippen LogP contribution in [0.5, 0.6) is 0 Å². The van der Waals surface area contributed by atoms with Gasteiger partial charge in [-0.25, -0.2) is 4.98 Å². The SMILES string of the molecule is CCCn1ccnc1CNC(CC)CCO. The van der Waals surface area contributed by atoms with E-state index in [1.54, 1.807) is 0 Å². The van der Waals surface area contributed by atoms with Crippen LogP contribution in [0.2, 0.25) is 0 Å². The first kappa shape index (κ1) is 13.2. The molecule has 92 valence electrons. The minimum atomic E-state index is 0.245. The van der Waals surface area contributed by atoms with Crippen LogP contribution in [0, 0.1) is 0 Å². The highest BCUT2D eigenvalue weighted by Crippen LogP contribution is 2.02. The van der Waals surface area contributed by atoms with Crippen molar-refractivity contribution in [2.45, 2.75) is 52.2 Å². The molecule has 1 unspecified atom stereocenters. The maximum Gasteiger partial charge on any atom is 0.122 e. The molecule has 0 fully saturated rings. The third-order valence-electron chi connectivity index (χ3n) is 2.79. The summed E-state index contributed by atoms with van der Waals surface area (Å²) in [5, 5.41) is 12.3. The molecule has 0 spiro atoms. The van der Waals surface area contributed by atoms with Gasteiger partial charge in [-0.3, -0.25) is 0 Å². The lowest BCUT2D eigenvalue weighted by atomic mass is 10.1. The molecule has 0 aliphatic rings. The molecule has 1 rings (SSSR count). The Labute approximate surface area is 97.7 Å². The number of aliphatic hydroxyl groups is 1. The molecule has 4 nitrogen and oxygen atoms in total. The predicted octanol–water partition coefficient (Wildman–Crippen LogP) is 1.54. The smallest absolute Gasteiger partial charge is 0.122 e. The number of aromatic nitrogens is 2. The van der Waals surface area contributed by atoms with E-state index in [-0.39, 0.29) is 6.61 Å². The van der Waals surface area contributed by atoms with Crippen molar-refractivity contribution in [2.75, 3.05) is 6.61 Å². The van der Waals surface area contributed by atoms with Gasteiger partial charge < -0.3 is 15.0 Å². The van der Waals surface area contributed by atoms with Gasteiger partial charge in [0.05, 0.1) is 6.54 Å². The Morgan fingerprint density at radius 2 is 2.31 bits per heavy atom. The summed E-state index contributed by atoms with van der Waals surface area (Å²) in [6, 6.07) is 0.386. The second-order valence-corrected chi connectivity index (χ2v) is 4.04. The van der Waals surface area contributed by atoms with Crippen molar-refractivity contribution in [3.63, 3.8) is 0 Å². The number of imidazole rings is 1. The highest BCUT2D eigenvalue weighted by Gasteiger charge is 2.07. The number of aliphatic hydroxyl groups excluding tert-OH is 1. The first-order valence-corrected chi connectivity index (χ1v) is 6.16. The molecule has 4 heteroatoms. The molecule has 1 atom stereocenters. The van der Waals surface area contributed by atoms with Gasteiger partial charge >= 0.3 is 0 Å². The zero-order valence-electron chi connectivity index (χ0n) is 10.3. The van der Waals surface area contributed by atoms with Crippen LogP contribution in [0.15, 0.2) is 12.4 Å². The highest BCUT2D eigenvalue weighted by atomic mass is 16.3. The van der Waals surface area contributed by atoms with E-state index in [1.165, 1.54) is 0 Å². The standard InChI is InChI=1S/C12H23N3O/c1-3-7-15-8-6-13-12(15)10-14-11(4-2)5-9-16/h6,8,11,14,16H,3-5,7,9-10H2,1-2H3. The summed E-state index contributed by atoms with van der Waals surface area (Å²) >= 11 is 0. The fourth-order valence-corrected chi connectivity index (χ4v) is 1.79. The Kier molecular flexibility index (Phi) is 6.11. The lowest BCUT2D eigenvalue weighted by Gasteiger charge is -2.15. The number of nitrogens with one attached hydrogen (secondary N) is 1. The van der Waals surface area contributed by atoms with Gasteiger partial charge in [-0.1, -0.05) is 13.8 Å². The van der Waals surface area contributed by atoms with E-state index >= 15 is 0 Å². The van der Waals surface area contributed by atoms with Crippen molar-refractivity contribution in [3.8, 4) is 0 Å². The van der Waals surface area contributed by atoms with Crippen LogP contribution in [0.25, 0.3) is 0 Å². The predicted molar refractivity (Wildman–Crippen MR) is 65.1 cm³/mol. The van der Waals surface area contributed by atoms with Gasteiger partial charge in [0, 0.05) is 31.6 Å². The van der Waals surface area contributed by atoms with Crippen LogP contribution < -0.4 is 5.32 Å². The molecule has 2 N–H and O–H groups in total. The van der Waals surface area contributed by atoms with Crippen molar-refractivity contribution < 1.29 is 5.11 Å². The molecule has 0 saturated heterocycles. The largest absolute Gasteiger partial charge is 0.396 e. The quantitative estimate of drug-likeness (QED) is 0.705. The maximum absolute atomic E-state index is 8.90. The van der Waals surface area contributed by atoms with Crippen LogP contribution in [-0.4, -0.2) is 27.3 Å². The van der Waals surface area contributed by atoms with Crippen molar-refractivity contribution in [3.05, 3.63) is 18.2 Å². The summed E-state index contributed by atoms with van der Waals surface area (Å²) in [5.41, 5.74) is 0. The number of nitrogens with zero attached hydrogens (tertiary/aromatic N) is 2. The number of hydrogen-bond donors (Lipinski definition) is 2. The van der Waals surface area contributed by atoms with Crippen molar-refractivity contribution in [2.24, 2.45) is 0 Å². The van der Waals surface area contributed by atoms with Gasteiger partial charge in [-0.15, -0.1) is 0 Å². The lowest BCUT2D eigenvalue weighted by molar-refractivity contribution is 0.261. The van der Waals surface area contributed by atoms with Gasteiger partial charge in [0.2, 0.25) is 0 Å². The fraction of sp³-hybridized carbons (Fsp3) is 0.750. The molecule has 1 heterocycles. The third kappa shape index (κ3) is 3.94. The molecule has 1 aromatic rings. The minimum Gasteiger partial charge on any atom is -0.396 e. The van der Waals surface area contributed by atoms with Crippen LogP contribution in [0.3, 0.4) is 0 Å². The van der Waals surface area contributed by atoms with E-state index < -0.39 is 0 Å². The summed E-state index contributed by atoms with van der Waals surface area (Å²) in [4.78, 5) is 4.34. The van der Waals surface area contributed by atoms with E-state index in [1.807, 2.05) is 12.4 Å². The van der Waals surface area contributed by atoms with Gasteiger partial charge in [-0.05, 0) is 19.3 Å². The van der Waals surface area contributed by atoms with Gasteiger partial charge in [0.15, 0.2) is 0 Å². The molecule has 0 saturated carbocycles. The van der Waals surface area contributed by atoms with Gasteiger partial charge in [0.1, 0.15) is 5.82 Å². The van der Waals surface area contributed by atoms with Crippen LogP contribution >= 0.6 is 0 Å². The highest BCUT2D eigenvalue weighted by molar-refractivity contribution is 4.92. The van der Waals surface area contributed by atoms with E-state index in [4.69, 9.17) is 5.11 Å². The van der Waals surface area contributed by atoms with Crippen molar-refractivity contribution in [1.82, 2.24) is 14.9 Å².